The summed E-state index contributed by atoms with van der Waals surface area (Å²) in [5.74, 6) is -0.164. The molecule has 3 N–H and O–H groups in total. The van der Waals surface area contributed by atoms with E-state index in [1.165, 1.54) is 6.26 Å². The zero-order valence-corrected chi connectivity index (χ0v) is 10.5. The summed E-state index contributed by atoms with van der Waals surface area (Å²) in [5, 5.41) is 2.23. The largest absolute Gasteiger partial charge is 0.459 e. The number of carbonyl (C=O) groups is 1. The van der Waals surface area contributed by atoms with Crippen LogP contribution in [-0.2, 0) is 4.74 Å². The second-order valence-corrected chi connectivity index (χ2v) is 4.01. The highest BCUT2D eigenvalue weighted by Gasteiger charge is 2.12. The van der Waals surface area contributed by atoms with Gasteiger partial charge in [-0.1, -0.05) is 0 Å². The molecule has 1 saturated heterocycles. The first-order valence-electron chi connectivity index (χ1n) is 5.49. The molecule has 7 nitrogen and oxygen atoms in total. The number of nitrogens with one attached hydrogen (secondary N) is 3. The number of thiocarbonyl (C=S) groups is 1. The van der Waals surface area contributed by atoms with Gasteiger partial charge in [0.25, 0.3) is 0 Å². The smallest absolute Gasteiger partial charge is 0.305 e. The lowest BCUT2D eigenvalue weighted by molar-refractivity contribution is 0.0245. The Labute approximate surface area is 109 Å². The van der Waals surface area contributed by atoms with Crippen molar-refractivity contribution in [2.75, 3.05) is 26.3 Å². The van der Waals surface area contributed by atoms with Gasteiger partial charge in [-0.05, 0) is 24.4 Å². The highest BCUT2D eigenvalue weighted by molar-refractivity contribution is 7.80. The van der Waals surface area contributed by atoms with E-state index >= 15 is 0 Å². The molecule has 0 saturated carbocycles. The Bertz CT molecular complexity index is 403. The van der Waals surface area contributed by atoms with Gasteiger partial charge in [-0.3, -0.25) is 21.1 Å². The molecule has 0 unspecified atom stereocenters. The van der Waals surface area contributed by atoms with Crippen molar-refractivity contribution < 1.29 is 13.9 Å². The molecule has 8 heteroatoms. The Kier molecular flexibility index (Phi) is 4.51. The van der Waals surface area contributed by atoms with E-state index in [4.69, 9.17) is 21.4 Å². The number of ether oxygens (including phenoxy) is 1. The van der Waals surface area contributed by atoms with Crippen LogP contribution < -0.4 is 16.3 Å². The van der Waals surface area contributed by atoms with Crippen LogP contribution in [0.1, 0.15) is 10.6 Å². The maximum atomic E-state index is 11.5. The van der Waals surface area contributed by atoms with Crippen LogP contribution in [0.3, 0.4) is 0 Å². The molecule has 0 bridgehead atoms. The van der Waals surface area contributed by atoms with Crippen LogP contribution >= 0.6 is 12.2 Å². The lowest BCUT2D eigenvalue weighted by Gasteiger charge is -2.28. The fourth-order valence-electron chi connectivity index (χ4n) is 1.43. The van der Waals surface area contributed by atoms with E-state index in [0.29, 0.717) is 18.3 Å². The van der Waals surface area contributed by atoms with Crippen molar-refractivity contribution in [2.45, 2.75) is 0 Å². The number of morpholine rings is 1. The summed E-state index contributed by atoms with van der Waals surface area (Å²) in [6, 6.07) is 3.20. The van der Waals surface area contributed by atoms with E-state index in [2.05, 4.69) is 16.3 Å². The van der Waals surface area contributed by atoms with Gasteiger partial charge in [0.1, 0.15) is 0 Å². The lowest BCUT2D eigenvalue weighted by atomic mass is 10.4. The average Bonchev–Trinajstić information content (AvgIpc) is 2.91. The van der Waals surface area contributed by atoms with Gasteiger partial charge in [0.15, 0.2) is 10.9 Å². The number of rotatable bonds is 2. The molecule has 1 aliphatic heterocycles. The summed E-state index contributed by atoms with van der Waals surface area (Å²) >= 11 is 5.03. The van der Waals surface area contributed by atoms with Crippen LogP contribution in [0.5, 0.6) is 0 Å². The normalized spacial score (nSPS) is 16.0. The Morgan fingerprint density at radius 1 is 1.33 bits per heavy atom. The van der Waals surface area contributed by atoms with E-state index in [-0.39, 0.29) is 11.7 Å². The molecule has 1 aromatic heterocycles. The summed E-state index contributed by atoms with van der Waals surface area (Å²) in [5.41, 5.74) is 7.97. The van der Waals surface area contributed by atoms with E-state index in [0.717, 1.165) is 13.1 Å². The standard InChI is InChI=1S/C10H14N4O3S/c15-9(8-2-1-5-17-8)11-12-10(18)13-14-3-6-16-7-4-14/h1-2,5H,3-4,6-7H2,(H,11,15)(H2,12,13,18). The van der Waals surface area contributed by atoms with Crippen LogP contribution in [0.4, 0.5) is 0 Å². The van der Waals surface area contributed by atoms with Crippen molar-refractivity contribution in [2.24, 2.45) is 0 Å². The van der Waals surface area contributed by atoms with E-state index in [1.54, 1.807) is 12.1 Å². The molecule has 1 aromatic rings. The second kappa shape index (κ2) is 6.34. The SMILES string of the molecule is O=C(NNC(=S)NN1CCOCC1)c1ccco1. The van der Waals surface area contributed by atoms with Crippen molar-refractivity contribution in [1.82, 2.24) is 21.3 Å². The first-order valence-corrected chi connectivity index (χ1v) is 5.90. The number of hydrogen-bond donors (Lipinski definition) is 3. The predicted molar refractivity (Wildman–Crippen MR) is 67.4 cm³/mol. The van der Waals surface area contributed by atoms with Crippen molar-refractivity contribution in [3.63, 3.8) is 0 Å². The first kappa shape index (κ1) is 12.8. The maximum absolute atomic E-state index is 11.5. The van der Waals surface area contributed by atoms with Gasteiger partial charge < -0.3 is 9.15 Å². The molecule has 0 radical (unpaired) electrons. The Balaban J connectivity index is 1.69. The molecule has 18 heavy (non-hydrogen) atoms. The summed E-state index contributed by atoms with van der Waals surface area (Å²) < 4.78 is 10.1. The quantitative estimate of drug-likeness (QED) is 0.500. The number of carbonyl (C=O) groups excluding carboxylic acids is 1. The lowest BCUT2D eigenvalue weighted by Crippen LogP contribution is -2.55. The number of hydrogen-bond acceptors (Lipinski definition) is 5. The zero-order chi connectivity index (χ0) is 12.8. The highest BCUT2D eigenvalue weighted by Crippen LogP contribution is 1.98. The third-order valence-corrected chi connectivity index (χ3v) is 2.50. The molecule has 0 aromatic carbocycles. The molecule has 98 valence electrons. The van der Waals surface area contributed by atoms with Crippen LogP contribution in [-0.4, -0.2) is 42.3 Å². The zero-order valence-electron chi connectivity index (χ0n) is 9.64. The Morgan fingerprint density at radius 2 is 2.11 bits per heavy atom. The van der Waals surface area contributed by atoms with Gasteiger partial charge in [-0.25, -0.2) is 5.01 Å². The van der Waals surface area contributed by atoms with Gasteiger partial charge in [-0.2, -0.15) is 0 Å². The van der Waals surface area contributed by atoms with Crippen molar-refractivity contribution in [1.29, 1.82) is 0 Å². The summed E-state index contributed by atoms with van der Waals surface area (Å²) in [6.45, 7) is 2.81. The molecule has 0 spiro atoms. The third-order valence-electron chi connectivity index (χ3n) is 2.31. The molecule has 0 aliphatic carbocycles. The van der Waals surface area contributed by atoms with Crippen LogP contribution in [0.25, 0.3) is 0 Å². The van der Waals surface area contributed by atoms with Crippen molar-refractivity contribution >= 4 is 23.2 Å². The summed E-state index contributed by atoms with van der Waals surface area (Å²) in [4.78, 5) is 11.5. The van der Waals surface area contributed by atoms with E-state index in [9.17, 15) is 4.79 Å². The molecule has 2 heterocycles. The monoisotopic (exact) mass is 270 g/mol. The minimum absolute atomic E-state index is 0.219. The molecule has 1 amide bonds. The number of amides is 1. The Morgan fingerprint density at radius 3 is 2.78 bits per heavy atom. The second-order valence-electron chi connectivity index (χ2n) is 3.60. The number of nitrogens with zero attached hydrogens (tertiary/aromatic N) is 1. The molecule has 0 atom stereocenters. The topological polar surface area (TPSA) is 78.8 Å². The van der Waals surface area contributed by atoms with Crippen LogP contribution in [0.2, 0.25) is 0 Å². The van der Waals surface area contributed by atoms with Gasteiger partial charge in [0.05, 0.1) is 19.5 Å². The van der Waals surface area contributed by atoms with Crippen LogP contribution in [0.15, 0.2) is 22.8 Å². The molecular weight excluding hydrogens is 256 g/mol. The minimum Gasteiger partial charge on any atom is -0.459 e. The summed E-state index contributed by atoms with van der Waals surface area (Å²) in [7, 11) is 0. The van der Waals surface area contributed by atoms with Crippen molar-refractivity contribution in [3.05, 3.63) is 24.2 Å². The molecule has 1 fully saturated rings. The van der Waals surface area contributed by atoms with Crippen LogP contribution in [0, 0.1) is 0 Å². The summed E-state index contributed by atoms with van der Waals surface area (Å²) in [6.07, 6.45) is 1.43. The number of furan rings is 1. The van der Waals surface area contributed by atoms with Gasteiger partial charge in [-0.15, -0.1) is 0 Å². The van der Waals surface area contributed by atoms with Crippen molar-refractivity contribution in [3.8, 4) is 0 Å². The molecule has 2 rings (SSSR count). The van der Waals surface area contributed by atoms with Gasteiger partial charge >= 0.3 is 5.91 Å². The molecule has 1 aliphatic rings. The number of hydrazine groups is 2. The average molecular weight is 270 g/mol. The highest BCUT2D eigenvalue weighted by atomic mass is 32.1. The third kappa shape index (κ3) is 3.69. The predicted octanol–water partition coefficient (Wildman–Crippen LogP) is -0.364. The Hall–Kier alpha value is -1.64. The van der Waals surface area contributed by atoms with Gasteiger partial charge in [0, 0.05) is 13.1 Å². The maximum Gasteiger partial charge on any atom is 0.305 e. The van der Waals surface area contributed by atoms with E-state index < -0.39 is 0 Å². The fraction of sp³-hybridized carbons (Fsp3) is 0.400. The van der Waals surface area contributed by atoms with Gasteiger partial charge in [0.2, 0.25) is 0 Å². The minimum atomic E-state index is -0.383. The first-order chi connectivity index (χ1) is 8.75. The molecular formula is C10H14N4O3S. The fourth-order valence-corrected chi connectivity index (χ4v) is 1.61. The van der Waals surface area contributed by atoms with E-state index in [1.807, 2.05) is 5.01 Å².